The van der Waals surface area contributed by atoms with E-state index in [1.165, 1.54) is 24.2 Å². The molecular weight excluding hydrogens is 262 g/mol. The Kier molecular flexibility index (Phi) is 4.60. The molecule has 0 aliphatic carbocycles. The van der Waals surface area contributed by atoms with E-state index in [4.69, 9.17) is 5.73 Å². The van der Waals surface area contributed by atoms with E-state index < -0.39 is 0 Å². The summed E-state index contributed by atoms with van der Waals surface area (Å²) in [6.07, 6.45) is 2.37. The minimum atomic E-state index is -0.123. The molecule has 7 heteroatoms. The Balaban J connectivity index is 1.97. The number of hydrogen-bond donors (Lipinski definition) is 2. The van der Waals surface area contributed by atoms with Gasteiger partial charge in [0.2, 0.25) is 0 Å². The number of carbonyl (C=O) groups is 1. The smallest absolute Gasteiger partial charge is 0.265 e. The normalized spacial score (nSPS) is 15.2. The lowest BCUT2D eigenvalue weighted by Crippen LogP contribution is -2.31. The van der Waals surface area contributed by atoms with Gasteiger partial charge in [-0.2, -0.15) is 0 Å². The van der Waals surface area contributed by atoms with Crippen molar-refractivity contribution >= 4 is 28.2 Å². The first kappa shape index (κ1) is 14.1. The maximum atomic E-state index is 12.0. The minimum absolute atomic E-state index is 0.123. The molecule has 0 radical (unpaired) electrons. The molecule has 0 bridgehead atoms. The minimum Gasteiger partial charge on any atom is -0.382 e. The Hall–Kier alpha value is -1.34. The Morgan fingerprint density at radius 3 is 2.79 bits per heavy atom. The predicted octanol–water partition coefficient (Wildman–Crippen LogP) is 0.617. The van der Waals surface area contributed by atoms with Crippen LogP contribution in [0.3, 0.4) is 0 Å². The molecule has 19 heavy (non-hydrogen) atoms. The molecule has 2 rings (SSSR count). The van der Waals surface area contributed by atoms with E-state index in [2.05, 4.69) is 15.2 Å². The Morgan fingerprint density at radius 2 is 2.16 bits per heavy atom. The summed E-state index contributed by atoms with van der Waals surface area (Å²) in [5, 5.41) is 3.73. The molecule has 1 aliphatic rings. The summed E-state index contributed by atoms with van der Waals surface area (Å²) in [5.41, 5.74) is 5.84. The number of nitrogens with zero attached hydrogens (tertiary/aromatic N) is 3. The van der Waals surface area contributed by atoms with Gasteiger partial charge in [-0.25, -0.2) is 4.98 Å². The highest BCUT2D eigenvalue weighted by atomic mass is 32.1. The average Bonchev–Trinajstić information content (AvgIpc) is 2.96. The molecule has 1 fully saturated rings. The summed E-state index contributed by atoms with van der Waals surface area (Å²) >= 11 is 1.39. The molecule has 2 heterocycles. The van der Waals surface area contributed by atoms with Crippen LogP contribution in [0.1, 0.15) is 22.5 Å². The second-order valence-corrected chi connectivity index (χ2v) is 5.94. The molecule has 3 N–H and O–H groups in total. The first-order valence-corrected chi connectivity index (χ1v) is 7.34. The molecule has 1 aliphatic heterocycles. The van der Waals surface area contributed by atoms with Crippen molar-refractivity contribution in [2.24, 2.45) is 0 Å². The van der Waals surface area contributed by atoms with Gasteiger partial charge in [-0.3, -0.25) is 4.79 Å². The third-order valence-electron chi connectivity index (χ3n) is 3.07. The van der Waals surface area contributed by atoms with E-state index in [1.807, 2.05) is 19.0 Å². The standard InChI is InChI=1S/C12H21N5OS/c1-16(2)8-5-14-11(18)9-10(13)15-12(19-9)17-6-3-4-7-17/h3-8,13H2,1-2H3,(H,14,18). The van der Waals surface area contributed by atoms with Crippen molar-refractivity contribution in [3.05, 3.63) is 4.88 Å². The van der Waals surface area contributed by atoms with Gasteiger partial charge in [-0.05, 0) is 26.9 Å². The van der Waals surface area contributed by atoms with E-state index in [0.717, 1.165) is 24.8 Å². The summed E-state index contributed by atoms with van der Waals surface area (Å²) in [6.45, 7) is 3.44. The van der Waals surface area contributed by atoms with Crippen LogP contribution in [0.4, 0.5) is 10.9 Å². The van der Waals surface area contributed by atoms with Crippen molar-refractivity contribution in [1.82, 2.24) is 15.2 Å². The molecule has 0 spiro atoms. The third-order valence-corrected chi connectivity index (χ3v) is 4.20. The van der Waals surface area contributed by atoms with Gasteiger partial charge < -0.3 is 20.9 Å². The first-order chi connectivity index (χ1) is 9.08. The number of amides is 1. The Labute approximate surface area is 117 Å². The van der Waals surface area contributed by atoms with Crippen LogP contribution in [0, 0.1) is 0 Å². The number of nitrogen functional groups attached to an aromatic ring is 1. The fourth-order valence-electron chi connectivity index (χ4n) is 2.00. The molecule has 1 aromatic rings. The number of anilines is 2. The van der Waals surface area contributed by atoms with Crippen molar-refractivity contribution in [3.8, 4) is 0 Å². The Morgan fingerprint density at radius 1 is 1.47 bits per heavy atom. The third kappa shape index (κ3) is 3.57. The van der Waals surface area contributed by atoms with E-state index in [-0.39, 0.29) is 5.91 Å². The maximum absolute atomic E-state index is 12.0. The zero-order chi connectivity index (χ0) is 13.8. The van der Waals surface area contributed by atoms with Crippen LogP contribution in [-0.2, 0) is 0 Å². The first-order valence-electron chi connectivity index (χ1n) is 6.52. The molecule has 106 valence electrons. The van der Waals surface area contributed by atoms with Crippen molar-refractivity contribution in [2.75, 3.05) is 50.9 Å². The van der Waals surface area contributed by atoms with Crippen molar-refractivity contribution in [3.63, 3.8) is 0 Å². The van der Waals surface area contributed by atoms with Crippen molar-refractivity contribution < 1.29 is 4.79 Å². The van der Waals surface area contributed by atoms with E-state index in [9.17, 15) is 4.79 Å². The summed E-state index contributed by atoms with van der Waals surface area (Å²) in [4.78, 5) is 21.1. The zero-order valence-electron chi connectivity index (χ0n) is 11.5. The molecule has 0 unspecified atom stereocenters. The van der Waals surface area contributed by atoms with E-state index in [1.54, 1.807) is 0 Å². The van der Waals surface area contributed by atoms with Gasteiger partial charge in [-0.15, -0.1) is 0 Å². The van der Waals surface area contributed by atoms with Gasteiger partial charge in [0.25, 0.3) is 5.91 Å². The number of hydrogen-bond acceptors (Lipinski definition) is 6. The van der Waals surface area contributed by atoms with Crippen LogP contribution < -0.4 is 16.0 Å². The van der Waals surface area contributed by atoms with Gasteiger partial charge in [-0.1, -0.05) is 11.3 Å². The summed E-state index contributed by atoms with van der Waals surface area (Å²) < 4.78 is 0. The van der Waals surface area contributed by atoms with Gasteiger partial charge >= 0.3 is 0 Å². The van der Waals surface area contributed by atoms with Crippen LogP contribution in [0.2, 0.25) is 0 Å². The quantitative estimate of drug-likeness (QED) is 0.828. The van der Waals surface area contributed by atoms with Crippen LogP contribution in [0.25, 0.3) is 0 Å². The number of aromatic nitrogens is 1. The number of nitrogens with two attached hydrogens (primary N) is 1. The van der Waals surface area contributed by atoms with Crippen molar-refractivity contribution in [2.45, 2.75) is 12.8 Å². The van der Waals surface area contributed by atoms with E-state index in [0.29, 0.717) is 17.2 Å². The number of nitrogens with one attached hydrogen (secondary N) is 1. The van der Waals surface area contributed by atoms with Crippen LogP contribution in [0.5, 0.6) is 0 Å². The number of thiazole rings is 1. The monoisotopic (exact) mass is 283 g/mol. The molecule has 0 atom stereocenters. The predicted molar refractivity (Wildman–Crippen MR) is 78.9 cm³/mol. The molecule has 0 saturated carbocycles. The second-order valence-electron chi connectivity index (χ2n) is 4.96. The number of likely N-dealkylation sites (N-methyl/N-ethyl adjacent to an activating group) is 1. The lowest BCUT2D eigenvalue weighted by atomic mass is 10.4. The second kappa shape index (κ2) is 6.21. The molecule has 6 nitrogen and oxygen atoms in total. The molecule has 1 saturated heterocycles. The highest BCUT2D eigenvalue weighted by Gasteiger charge is 2.21. The fraction of sp³-hybridized carbons (Fsp3) is 0.667. The molecule has 1 amide bonds. The average molecular weight is 283 g/mol. The molecular formula is C12H21N5OS. The van der Waals surface area contributed by atoms with E-state index >= 15 is 0 Å². The lowest BCUT2D eigenvalue weighted by Gasteiger charge is -2.12. The summed E-state index contributed by atoms with van der Waals surface area (Å²) in [7, 11) is 3.94. The van der Waals surface area contributed by atoms with Gasteiger partial charge in [0.1, 0.15) is 10.7 Å². The van der Waals surface area contributed by atoms with Crippen LogP contribution in [0.15, 0.2) is 0 Å². The highest BCUT2D eigenvalue weighted by Crippen LogP contribution is 2.30. The van der Waals surface area contributed by atoms with Gasteiger partial charge in [0.15, 0.2) is 5.13 Å². The lowest BCUT2D eigenvalue weighted by molar-refractivity contribution is 0.0956. The van der Waals surface area contributed by atoms with Crippen LogP contribution in [-0.4, -0.2) is 56.1 Å². The highest BCUT2D eigenvalue weighted by molar-refractivity contribution is 7.18. The number of rotatable bonds is 5. The molecule has 0 aromatic carbocycles. The zero-order valence-corrected chi connectivity index (χ0v) is 12.3. The SMILES string of the molecule is CN(C)CCNC(=O)c1sc(N2CCCC2)nc1N. The van der Waals surface area contributed by atoms with Crippen LogP contribution >= 0.6 is 11.3 Å². The maximum Gasteiger partial charge on any atom is 0.265 e. The molecule has 1 aromatic heterocycles. The number of carbonyl (C=O) groups excluding carboxylic acids is 1. The fourth-order valence-corrected chi connectivity index (χ4v) is 2.95. The van der Waals surface area contributed by atoms with Gasteiger partial charge in [0.05, 0.1) is 0 Å². The van der Waals surface area contributed by atoms with Gasteiger partial charge in [0, 0.05) is 26.2 Å². The summed E-state index contributed by atoms with van der Waals surface area (Å²) in [5.74, 6) is 0.219. The Bertz CT molecular complexity index is 439. The largest absolute Gasteiger partial charge is 0.382 e. The summed E-state index contributed by atoms with van der Waals surface area (Å²) in [6, 6.07) is 0. The topological polar surface area (TPSA) is 74.5 Å². The van der Waals surface area contributed by atoms with Crippen molar-refractivity contribution in [1.29, 1.82) is 0 Å².